The lowest BCUT2D eigenvalue weighted by Gasteiger charge is -2.21. The molecule has 2 aliphatic rings. The normalized spacial score (nSPS) is 23.7. The number of likely N-dealkylation sites (tertiary alicyclic amines) is 1. The molecular weight excluding hydrogens is 156 g/mol. The smallest absolute Gasteiger partial charge is 0.323 e. The zero-order chi connectivity index (χ0) is 8.39. The second-order valence-corrected chi connectivity index (χ2v) is 3.27. The molecule has 12 heavy (non-hydrogen) atoms. The van der Waals surface area contributed by atoms with Gasteiger partial charge in [0, 0.05) is 13.1 Å². The van der Waals surface area contributed by atoms with Crippen LogP contribution in [0.5, 0.6) is 0 Å². The van der Waals surface area contributed by atoms with Crippen LogP contribution in [0.15, 0.2) is 0 Å². The maximum absolute atomic E-state index is 11.6. The molecule has 2 heterocycles. The molecule has 2 rings (SSSR count). The van der Waals surface area contributed by atoms with Gasteiger partial charge < -0.3 is 4.90 Å². The van der Waals surface area contributed by atoms with Gasteiger partial charge in [0.1, 0.15) is 0 Å². The highest BCUT2D eigenvalue weighted by atomic mass is 16.7. The highest BCUT2D eigenvalue weighted by Gasteiger charge is 2.26. The zero-order valence-corrected chi connectivity index (χ0v) is 7.16. The first-order valence-corrected chi connectivity index (χ1v) is 4.57. The van der Waals surface area contributed by atoms with E-state index in [0.717, 1.165) is 38.9 Å². The van der Waals surface area contributed by atoms with Gasteiger partial charge in [0.2, 0.25) is 0 Å². The number of amides is 2. The lowest BCUT2D eigenvalue weighted by Crippen LogP contribution is -2.39. The topological polar surface area (TPSA) is 32.8 Å². The minimum atomic E-state index is 0.0602. The molecule has 0 atom stereocenters. The van der Waals surface area contributed by atoms with E-state index in [9.17, 15) is 4.79 Å². The monoisotopic (exact) mass is 170 g/mol. The number of carbonyl (C=O) groups excluding carboxylic acids is 1. The van der Waals surface area contributed by atoms with Crippen LogP contribution in [-0.2, 0) is 4.84 Å². The summed E-state index contributed by atoms with van der Waals surface area (Å²) in [5.74, 6) is 0. The van der Waals surface area contributed by atoms with Crippen LogP contribution < -0.4 is 0 Å². The predicted molar refractivity (Wildman–Crippen MR) is 43.5 cm³/mol. The van der Waals surface area contributed by atoms with Crippen molar-refractivity contribution in [2.45, 2.75) is 19.3 Å². The van der Waals surface area contributed by atoms with E-state index in [4.69, 9.17) is 4.84 Å². The standard InChI is InChI=1S/C8H14N2O2/c11-8(9-4-1-2-5-9)10-6-3-7-12-10/h1-7H2. The third-order valence-electron chi connectivity index (χ3n) is 2.34. The Balaban J connectivity index is 1.89. The number of hydrogen-bond donors (Lipinski definition) is 0. The Morgan fingerprint density at radius 1 is 1.08 bits per heavy atom. The van der Waals surface area contributed by atoms with Gasteiger partial charge in [-0.25, -0.2) is 9.86 Å². The molecule has 0 aromatic carbocycles. The second kappa shape index (κ2) is 3.31. The average Bonchev–Trinajstić information content (AvgIpc) is 2.77. The minimum Gasteiger partial charge on any atom is -0.323 e. The number of hydrogen-bond acceptors (Lipinski definition) is 2. The molecule has 0 spiro atoms. The Bertz CT molecular complexity index is 154. The van der Waals surface area contributed by atoms with Gasteiger partial charge in [0.25, 0.3) is 0 Å². The Labute approximate surface area is 72.0 Å². The molecule has 0 saturated carbocycles. The molecule has 0 aromatic rings. The van der Waals surface area contributed by atoms with Gasteiger partial charge in [-0.15, -0.1) is 0 Å². The molecule has 4 nitrogen and oxygen atoms in total. The molecule has 0 unspecified atom stereocenters. The summed E-state index contributed by atoms with van der Waals surface area (Å²) in [6.45, 7) is 3.26. The predicted octanol–water partition coefficient (Wildman–Crippen LogP) is 0.840. The van der Waals surface area contributed by atoms with Gasteiger partial charge in [-0.2, -0.15) is 0 Å². The molecule has 2 saturated heterocycles. The summed E-state index contributed by atoms with van der Waals surface area (Å²) in [7, 11) is 0. The van der Waals surface area contributed by atoms with E-state index in [2.05, 4.69) is 0 Å². The molecule has 2 fully saturated rings. The summed E-state index contributed by atoms with van der Waals surface area (Å²) in [6, 6.07) is 0.0602. The van der Waals surface area contributed by atoms with Crippen molar-refractivity contribution in [1.29, 1.82) is 0 Å². The van der Waals surface area contributed by atoms with Crippen LogP contribution >= 0.6 is 0 Å². The van der Waals surface area contributed by atoms with Crippen LogP contribution in [0.3, 0.4) is 0 Å². The summed E-state index contributed by atoms with van der Waals surface area (Å²) in [4.78, 5) is 18.6. The van der Waals surface area contributed by atoms with Crippen molar-refractivity contribution in [1.82, 2.24) is 9.96 Å². The van der Waals surface area contributed by atoms with Crippen LogP contribution in [-0.4, -0.2) is 42.2 Å². The number of rotatable bonds is 0. The lowest BCUT2D eigenvalue weighted by molar-refractivity contribution is -0.0757. The van der Waals surface area contributed by atoms with E-state index in [1.807, 2.05) is 4.90 Å². The number of nitrogens with zero attached hydrogens (tertiary/aromatic N) is 2. The van der Waals surface area contributed by atoms with Crippen molar-refractivity contribution in [2.24, 2.45) is 0 Å². The number of hydroxylamine groups is 2. The third kappa shape index (κ3) is 1.39. The largest absolute Gasteiger partial charge is 0.343 e. The van der Waals surface area contributed by atoms with Crippen molar-refractivity contribution in [3.05, 3.63) is 0 Å². The molecule has 0 aliphatic carbocycles. The Hall–Kier alpha value is -0.770. The van der Waals surface area contributed by atoms with Crippen molar-refractivity contribution in [3.8, 4) is 0 Å². The summed E-state index contributed by atoms with van der Waals surface area (Å²) < 4.78 is 0. The van der Waals surface area contributed by atoms with Gasteiger partial charge in [0.05, 0.1) is 13.2 Å². The van der Waals surface area contributed by atoms with E-state index in [0.29, 0.717) is 6.61 Å². The van der Waals surface area contributed by atoms with Crippen LogP contribution in [0.2, 0.25) is 0 Å². The van der Waals surface area contributed by atoms with Crippen LogP contribution in [0.25, 0.3) is 0 Å². The zero-order valence-electron chi connectivity index (χ0n) is 7.16. The van der Waals surface area contributed by atoms with Gasteiger partial charge in [-0.3, -0.25) is 4.84 Å². The fraction of sp³-hybridized carbons (Fsp3) is 0.875. The van der Waals surface area contributed by atoms with Crippen molar-refractivity contribution in [2.75, 3.05) is 26.2 Å². The molecule has 0 aromatic heterocycles. The lowest BCUT2D eigenvalue weighted by atomic mass is 10.4. The van der Waals surface area contributed by atoms with Crippen molar-refractivity contribution in [3.63, 3.8) is 0 Å². The highest BCUT2D eigenvalue weighted by Crippen LogP contribution is 2.13. The van der Waals surface area contributed by atoms with Crippen molar-refractivity contribution >= 4 is 6.03 Å². The molecule has 0 radical (unpaired) electrons. The molecular formula is C8H14N2O2. The summed E-state index contributed by atoms with van der Waals surface area (Å²) >= 11 is 0. The first kappa shape index (κ1) is 7.86. The number of carbonyl (C=O) groups is 1. The first-order chi connectivity index (χ1) is 5.88. The summed E-state index contributed by atoms with van der Waals surface area (Å²) in [5, 5.41) is 1.49. The molecule has 4 heteroatoms. The van der Waals surface area contributed by atoms with Gasteiger partial charge in [-0.05, 0) is 19.3 Å². The quantitative estimate of drug-likeness (QED) is 0.539. The highest BCUT2D eigenvalue weighted by molar-refractivity contribution is 5.73. The Morgan fingerprint density at radius 3 is 2.42 bits per heavy atom. The fourth-order valence-corrected chi connectivity index (χ4v) is 1.66. The summed E-state index contributed by atoms with van der Waals surface area (Å²) in [6.07, 6.45) is 3.25. The molecule has 0 bridgehead atoms. The molecule has 2 aliphatic heterocycles. The van der Waals surface area contributed by atoms with E-state index in [-0.39, 0.29) is 6.03 Å². The molecule has 68 valence electrons. The van der Waals surface area contributed by atoms with Crippen LogP contribution in [0.4, 0.5) is 4.79 Å². The Morgan fingerprint density at radius 2 is 1.83 bits per heavy atom. The SMILES string of the molecule is O=C(N1CCCC1)N1CCCO1. The maximum Gasteiger partial charge on any atom is 0.343 e. The van der Waals surface area contributed by atoms with Crippen LogP contribution in [0.1, 0.15) is 19.3 Å². The van der Waals surface area contributed by atoms with E-state index < -0.39 is 0 Å². The fourth-order valence-electron chi connectivity index (χ4n) is 1.66. The van der Waals surface area contributed by atoms with Gasteiger partial charge >= 0.3 is 6.03 Å². The maximum atomic E-state index is 11.6. The second-order valence-electron chi connectivity index (χ2n) is 3.27. The third-order valence-corrected chi connectivity index (χ3v) is 2.34. The number of urea groups is 1. The first-order valence-electron chi connectivity index (χ1n) is 4.57. The Kier molecular flexibility index (Phi) is 2.17. The van der Waals surface area contributed by atoms with E-state index >= 15 is 0 Å². The molecule has 0 N–H and O–H groups in total. The minimum absolute atomic E-state index is 0.0602. The van der Waals surface area contributed by atoms with E-state index in [1.165, 1.54) is 5.06 Å². The average molecular weight is 170 g/mol. The summed E-state index contributed by atoms with van der Waals surface area (Å²) in [5.41, 5.74) is 0. The molecule has 2 amide bonds. The van der Waals surface area contributed by atoms with Gasteiger partial charge in [-0.1, -0.05) is 0 Å². The van der Waals surface area contributed by atoms with Gasteiger partial charge in [0.15, 0.2) is 0 Å². The van der Waals surface area contributed by atoms with Crippen molar-refractivity contribution < 1.29 is 9.63 Å². The van der Waals surface area contributed by atoms with E-state index in [1.54, 1.807) is 0 Å². The van der Waals surface area contributed by atoms with Crippen LogP contribution in [0, 0.1) is 0 Å².